The lowest BCUT2D eigenvalue weighted by atomic mass is 10.1. The third-order valence-corrected chi connectivity index (χ3v) is 6.01. The van der Waals surface area contributed by atoms with Crippen LogP contribution >= 0.6 is 11.8 Å². The monoisotopic (exact) mass is 438 g/mol. The Labute approximate surface area is 184 Å². The number of thioether (sulfide) groups is 1. The van der Waals surface area contributed by atoms with Gasteiger partial charge >= 0.3 is 0 Å². The van der Waals surface area contributed by atoms with Gasteiger partial charge in [0.1, 0.15) is 11.5 Å². The molecule has 160 valence electrons. The van der Waals surface area contributed by atoms with Gasteiger partial charge in [-0.25, -0.2) is 0 Å². The average molecular weight is 439 g/mol. The number of carbonyl (C=O) groups is 2. The number of rotatable bonds is 7. The van der Waals surface area contributed by atoms with Gasteiger partial charge in [-0.05, 0) is 56.3 Å². The topological polar surface area (TPSA) is 95.3 Å². The molecule has 0 fully saturated rings. The highest BCUT2D eigenvalue weighted by Crippen LogP contribution is 2.32. The number of carbonyl (C=O) groups excluding carboxylic acids is 2. The van der Waals surface area contributed by atoms with Gasteiger partial charge in [-0.15, -0.1) is 10.2 Å². The van der Waals surface area contributed by atoms with E-state index in [9.17, 15) is 9.59 Å². The molecule has 1 aromatic heterocycles. The van der Waals surface area contributed by atoms with Crippen molar-refractivity contribution >= 4 is 29.1 Å². The fourth-order valence-electron chi connectivity index (χ4n) is 3.30. The third kappa shape index (κ3) is 4.27. The Morgan fingerprint density at radius 2 is 2.03 bits per heavy atom. The Hall–Kier alpha value is -3.33. The van der Waals surface area contributed by atoms with E-state index in [1.54, 1.807) is 25.3 Å². The van der Waals surface area contributed by atoms with Gasteiger partial charge in [0, 0.05) is 17.7 Å². The van der Waals surface area contributed by atoms with E-state index in [1.807, 2.05) is 42.7 Å². The fourth-order valence-corrected chi connectivity index (χ4v) is 4.29. The van der Waals surface area contributed by atoms with E-state index in [4.69, 9.17) is 9.47 Å². The quantitative estimate of drug-likeness (QED) is 0.444. The average Bonchev–Trinajstić information content (AvgIpc) is 3.20. The van der Waals surface area contributed by atoms with E-state index in [0.717, 1.165) is 17.1 Å². The number of fused-ring (bicyclic) bond motifs is 1. The molecule has 31 heavy (non-hydrogen) atoms. The molecule has 0 radical (unpaired) electrons. The Morgan fingerprint density at radius 1 is 1.26 bits per heavy atom. The molecule has 9 heteroatoms. The van der Waals surface area contributed by atoms with Gasteiger partial charge < -0.3 is 19.4 Å². The molecule has 1 aliphatic rings. The number of hydrogen-bond acceptors (Lipinski definition) is 7. The number of nitrogens with one attached hydrogen (secondary N) is 1. The Kier molecular flexibility index (Phi) is 5.94. The summed E-state index contributed by atoms with van der Waals surface area (Å²) in [6.07, 6.45) is 0. The van der Waals surface area contributed by atoms with Gasteiger partial charge in [0.2, 0.25) is 0 Å². The second-order valence-electron chi connectivity index (χ2n) is 6.95. The van der Waals surface area contributed by atoms with Crippen molar-refractivity contribution in [1.29, 1.82) is 0 Å². The fraction of sp³-hybridized carbons (Fsp3) is 0.273. The first-order valence-electron chi connectivity index (χ1n) is 9.85. The molecule has 1 N–H and O–H groups in total. The first-order chi connectivity index (χ1) is 15.0. The lowest BCUT2D eigenvalue weighted by Gasteiger charge is -2.19. The third-order valence-electron chi connectivity index (χ3n) is 4.93. The highest BCUT2D eigenvalue weighted by Gasteiger charge is 2.23. The summed E-state index contributed by atoms with van der Waals surface area (Å²) in [7, 11) is 1.63. The molecule has 8 nitrogen and oxygen atoms in total. The minimum absolute atomic E-state index is 0.0181. The number of nitrogens with zero attached hydrogens (tertiary/aromatic N) is 3. The number of Topliss-reactive ketones (excluding diaryl/α,β-unsaturated/α-hetero) is 1. The number of anilines is 1. The maximum atomic E-state index is 13.0. The standard InChI is InChI=1S/C22H22N4O4S/c1-4-26-21(14-5-8-16(29-3)9-6-14)24-25-22(26)31-13(2)20(28)15-7-10-18-17(11-15)23-19(27)12-30-18/h5-11,13H,4,12H2,1-3H3,(H,23,27). The van der Waals surface area contributed by atoms with Crippen molar-refractivity contribution in [2.75, 3.05) is 19.0 Å². The van der Waals surface area contributed by atoms with Crippen LogP contribution in [-0.2, 0) is 11.3 Å². The van der Waals surface area contributed by atoms with Crippen LogP contribution in [0.3, 0.4) is 0 Å². The van der Waals surface area contributed by atoms with Crippen molar-refractivity contribution in [2.45, 2.75) is 30.8 Å². The van der Waals surface area contributed by atoms with Crippen molar-refractivity contribution in [3.8, 4) is 22.9 Å². The van der Waals surface area contributed by atoms with Crippen LogP contribution < -0.4 is 14.8 Å². The van der Waals surface area contributed by atoms with Gasteiger partial charge in [0.25, 0.3) is 5.91 Å². The summed E-state index contributed by atoms with van der Waals surface area (Å²) in [5.41, 5.74) is 1.94. The second kappa shape index (κ2) is 8.81. The molecular weight excluding hydrogens is 416 g/mol. The van der Waals surface area contributed by atoms with Gasteiger partial charge in [-0.1, -0.05) is 11.8 Å². The number of methoxy groups -OCH3 is 1. The van der Waals surface area contributed by atoms with Crippen LogP contribution in [0.2, 0.25) is 0 Å². The van der Waals surface area contributed by atoms with Crippen LogP contribution in [0.5, 0.6) is 11.5 Å². The maximum Gasteiger partial charge on any atom is 0.262 e. The van der Waals surface area contributed by atoms with Crippen LogP contribution in [0, 0.1) is 0 Å². The maximum absolute atomic E-state index is 13.0. The number of hydrogen-bond donors (Lipinski definition) is 1. The van der Waals surface area contributed by atoms with Crippen LogP contribution in [0.25, 0.3) is 11.4 Å². The zero-order valence-electron chi connectivity index (χ0n) is 17.4. The van der Waals surface area contributed by atoms with E-state index in [0.29, 0.717) is 28.7 Å². The molecule has 3 aromatic rings. The van der Waals surface area contributed by atoms with Crippen molar-refractivity contribution in [2.24, 2.45) is 0 Å². The SMILES string of the molecule is CCn1c(SC(C)C(=O)c2ccc3c(c2)NC(=O)CO3)nnc1-c1ccc(OC)cc1. The van der Waals surface area contributed by atoms with Crippen molar-refractivity contribution in [3.05, 3.63) is 48.0 Å². The number of aromatic nitrogens is 3. The molecule has 4 rings (SSSR count). The lowest BCUT2D eigenvalue weighted by molar-refractivity contribution is -0.118. The smallest absolute Gasteiger partial charge is 0.262 e. The highest BCUT2D eigenvalue weighted by atomic mass is 32.2. The van der Waals surface area contributed by atoms with Crippen LogP contribution in [0.1, 0.15) is 24.2 Å². The predicted molar refractivity (Wildman–Crippen MR) is 118 cm³/mol. The number of amides is 1. The van der Waals surface area contributed by atoms with Crippen molar-refractivity contribution in [1.82, 2.24) is 14.8 Å². The Bertz CT molecular complexity index is 1130. The van der Waals surface area contributed by atoms with E-state index < -0.39 is 5.25 Å². The molecule has 1 amide bonds. The van der Waals surface area contributed by atoms with E-state index >= 15 is 0 Å². The summed E-state index contributed by atoms with van der Waals surface area (Å²) < 4.78 is 12.6. The normalized spacial score (nSPS) is 13.7. The minimum Gasteiger partial charge on any atom is -0.497 e. The van der Waals surface area contributed by atoms with E-state index in [-0.39, 0.29) is 18.3 Å². The van der Waals surface area contributed by atoms with E-state index in [2.05, 4.69) is 15.5 Å². The zero-order valence-corrected chi connectivity index (χ0v) is 18.2. The largest absolute Gasteiger partial charge is 0.497 e. The summed E-state index contributed by atoms with van der Waals surface area (Å²) in [6.45, 7) is 4.50. The lowest BCUT2D eigenvalue weighted by Crippen LogP contribution is -2.25. The zero-order chi connectivity index (χ0) is 22.0. The number of ketones is 1. The summed E-state index contributed by atoms with van der Waals surface area (Å²) in [6, 6.07) is 12.7. The summed E-state index contributed by atoms with van der Waals surface area (Å²) in [5, 5.41) is 11.7. The van der Waals surface area contributed by atoms with Crippen molar-refractivity contribution in [3.63, 3.8) is 0 Å². The predicted octanol–water partition coefficient (Wildman–Crippen LogP) is 3.67. The second-order valence-corrected chi connectivity index (χ2v) is 8.26. The summed E-state index contributed by atoms with van der Waals surface area (Å²) >= 11 is 1.36. The molecule has 0 aliphatic carbocycles. The van der Waals surface area contributed by atoms with Gasteiger partial charge in [-0.3, -0.25) is 9.59 Å². The summed E-state index contributed by atoms with van der Waals surface area (Å²) in [4.78, 5) is 24.6. The first-order valence-corrected chi connectivity index (χ1v) is 10.7. The van der Waals surface area contributed by atoms with Gasteiger partial charge in [-0.2, -0.15) is 0 Å². The van der Waals surface area contributed by atoms with Gasteiger partial charge in [0.05, 0.1) is 18.0 Å². The molecule has 1 atom stereocenters. The van der Waals surface area contributed by atoms with Gasteiger partial charge in [0.15, 0.2) is 23.4 Å². The Morgan fingerprint density at radius 3 is 2.74 bits per heavy atom. The molecule has 0 bridgehead atoms. The van der Waals surface area contributed by atoms with Crippen LogP contribution in [0.15, 0.2) is 47.6 Å². The molecule has 1 unspecified atom stereocenters. The molecule has 1 aliphatic heterocycles. The minimum atomic E-state index is -0.392. The van der Waals surface area contributed by atoms with E-state index in [1.165, 1.54) is 11.8 Å². The number of benzene rings is 2. The molecular formula is C22H22N4O4S. The van der Waals surface area contributed by atoms with Crippen molar-refractivity contribution < 1.29 is 19.1 Å². The number of ether oxygens (including phenoxy) is 2. The highest BCUT2D eigenvalue weighted by molar-refractivity contribution is 8.00. The molecule has 0 saturated carbocycles. The molecule has 0 spiro atoms. The first kappa shape index (κ1) is 20.9. The molecule has 2 aromatic carbocycles. The van der Waals surface area contributed by atoms with Crippen LogP contribution in [-0.4, -0.2) is 45.4 Å². The Balaban J connectivity index is 1.53. The van der Waals surface area contributed by atoms with Crippen LogP contribution in [0.4, 0.5) is 5.69 Å². The molecule has 0 saturated heterocycles. The molecule has 2 heterocycles. The summed E-state index contributed by atoms with van der Waals surface area (Å²) in [5.74, 6) is 1.77.